The summed E-state index contributed by atoms with van der Waals surface area (Å²) in [7, 11) is 0. The van der Waals surface area contributed by atoms with Gasteiger partial charge in [0.25, 0.3) is 0 Å². The van der Waals surface area contributed by atoms with E-state index in [1.807, 2.05) is 25.3 Å². The van der Waals surface area contributed by atoms with Crippen molar-refractivity contribution < 1.29 is 0 Å². The van der Waals surface area contributed by atoms with Gasteiger partial charge in [0.05, 0.1) is 5.69 Å². The number of hydrogen-bond acceptors (Lipinski definition) is 6. The number of aliphatic imine (C=N–C) groups is 1. The fourth-order valence-electron chi connectivity index (χ4n) is 4.36. The minimum absolute atomic E-state index is 0.418. The SMILES string of the molecule is CCC1CC(=Nc2cc(Cc3ccccc3)nc(N3CC(Cc4ccc(C)nc4)C3)n2)NN1. The van der Waals surface area contributed by atoms with Crippen LogP contribution in [-0.4, -0.2) is 39.9 Å². The molecule has 0 saturated carbocycles. The van der Waals surface area contributed by atoms with Gasteiger partial charge in [-0.15, -0.1) is 0 Å². The second-order valence-electron chi connectivity index (χ2n) is 9.10. The number of hydrazine groups is 1. The molecule has 2 aromatic heterocycles. The number of nitrogens with one attached hydrogen (secondary N) is 2. The smallest absolute Gasteiger partial charge is 0.227 e. The summed E-state index contributed by atoms with van der Waals surface area (Å²) >= 11 is 0. The van der Waals surface area contributed by atoms with E-state index in [1.165, 1.54) is 11.1 Å². The third kappa shape index (κ3) is 5.37. The molecule has 0 amide bonds. The van der Waals surface area contributed by atoms with Crippen molar-refractivity contribution in [3.05, 3.63) is 77.2 Å². The van der Waals surface area contributed by atoms with Crippen LogP contribution in [0.3, 0.4) is 0 Å². The molecule has 1 atom stereocenters. The van der Waals surface area contributed by atoms with Gasteiger partial charge in [0, 0.05) is 49.9 Å². The summed E-state index contributed by atoms with van der Waals surface area (Å²) < 4.78 is 0. The summed E-state index contributed by atoms with van der Waals surface area (Å²) in [6.07, 6.45) is 5.75. The summed E-state index contributed by atoms with van der Waals surface area (Å²) in [5.41, 5.74) is 11.1. The summed E-state index contributed by atoms with van der Waals surface area (Å²) in [6, 6.07) is 17.1. The van der Waals surface area contributed by atoms with Gasteiger partial charge in [-0.1, -0.05) is 43.3 Å². The Hall–Kier alpha value is -3.32. The maximum absolute atomic E-state index is 4.91. The van der Waals surface area contributed by atoms with Crippen molar-refractivity contribution in [2.75, 3.05) is 18.0 Å². The van der Waals surface area contributed by atoms with E-state index in [-0.39, 0.29) is 0 Å². The molecule has 7 nitrogen and oxygen atoms in total. The lowest BCUT2D eigenvalue weighted by molar-refractivity contribution is 0.401. The fraction of sp³-hybridized carbons (Fsp3) is 0.385. The van der Waals surface area contributed by atoms with E-state index < -0.39 is 0 Å². The maximum Gasteiger partial charge on any atom is 0.227 e. The number of rotatable bonds is 7. The highest BCUT2D eigenvalue weighted by Crippen LogP contribution is 2.27. The number of nitrogens with zero attached hydrogens (tertiary/aromatic N) is 5. The molecule has 33 heavy (non-hydrogen) atoms. The summed E-state index contributed by atoms with van der Waals surface area (Å²) in [4.78, 5) is 21.2. The first-order chi connectivity index (χ1) is 16.1. The van der Waals surface area contributed by atoms with E-state index in [2.05, 4.69) is 64.1 Å². The number of anilines is 1. The molecule has 7 heteroatoms. The zero-order chi connectivity index (χ0) is 22.6. The molecule has 5 rings (SSSR count). The summed E-state index contributed by atoms with van der Waals surface area (Å²) in [6.45, 7) is 6.11. The van der Waals surface area contributed by atoms with E-state index >= 15 is 0 Å². The highest BCUT2D eigenvalue weighted by atomic mass is 15.4. The number of hydrogen-bond donors (Lipinski definition) is 2. The summed E-state index contributed by atoms with van der Waals surface area (Å²) in [5, 5.41) is 0. The van der Waals surface area contributed by atoms with Crippen molar-refractivity contribution in [1.82, 2.24) is 25.8 Å². The molecule has 2 saturated heterocycles. The molecule has 2 aliphatic rings. The van der Waals surface area contributed by atoms with Crippen molar-refractivity contribution in [3.63, 3.8) is 0 Å². The first kappa shape index (κ1) is 21.5. The molecule has 1 aromatic carbocycles. The van der Waals surface area contributed by atoms with Gasteiger partial charge in [-0.05, 0) is 42.9 Å². The minimum Gasteiger partial charge on any atom is -0.340 e. The number of benzene rings is 1. The molecule has 2 fully saturated rings. The predicted molar refractivity (Wildman–Crippen MR) is 132 cm³/mol. The standard InChI is InChI=1S/C26H31N7/c1-3-22-13-25(32-31-22)29-24-14-23(12-19-7-5-4-6-8-19)28-26(30-24)33-16-21(17-33)11-20-10-9-18(2)27-15-20/h4-10,14-15,21-22,31H,3,11-13,16-17H2,1-2H3,(H,28,29,30,32). The second kappa shape index (κ2) is 9.67. The van der Waals surface area contributed by atoms with E-state index in [1.54, 1.807) is 0 Å². The highest BCUT2D eigenvalue weighted by Gasteiger charge is 2.29. The van der Waals surface area contributed by atoms with Gasteiger partial charge in [-0.25, -0.2) is 15.4 Å². The monoisotopic (exact) mass is 441 g/mol. The Kier molecular flexibility index (Phi) is 6.30. The van der Waals surface area contributed by atoms with Gasteiger partial charge >= 0.3 is 0 Å². The minimum atomic E-state index is 0.418. The van der Waals surface area contributed by atoms with Crippen LogP contribution in [0.5, 0.6) is 0 Å². The average Bonchev–Trinajstić information content (AvgIpc) is 3.25. The maximum atomic E-state index is 4.91. The lowest BCUT2D eigenvalue weighted by atomic mass is 9.93. The van der Waals surface area contributed by atoms with Gasteiger partial charge in [0.15, 0.2) is 5.82 Å². The Morgan fingerprint density at radius 3 is 2.64 bits per heavy atom. The number of pyridine rings is 1. The molecule has 0 bridgehead atoms. The Labute approximate surface area is 195 Å². The van der Waals surface area contributed by atoms with Gasteiger partial charge < -0.3 is 10.3 Å². The molecule has 2 aliphatic heterocycles. The van der Waals surface area contributed by atoms with Crippen LogP contribution in [0.4, 0.5) is 11.8 Å². The fourth-order valence-corrected chi connectivity index (χ4v) is 4.36. The average molecular weight is 442 g/mol. The van der Waals surface area contributed by atoms with E-state index in [4.69, 9.17) is 15.0 Å². The first-order valence-electron chi connectivity index (χ1n) is 11.8. The Morgan fingerprint density at radius 1 is 1.06 bits per heavy atom. The zero-order valence-corrected chi connectivity index (χ0v) is 19.3. The van der Waals surface area contributed by atoms with Gasteiger partial charge in [0.1, 0.15) is 5.84 Å². The molecular formula is C26H31N7. The van der Waals surface area contributed by atoms with Crippen molar-refractivity contribution in [3.8, 4) is 0 Å². The second-order valence-corrected chi connectivity index (χ2v) is 9.10. The van der Waals surface area contributed by atoms with Gasteiger partial charge in [-0.3, -0.25) is 4.98 Å². The molecule has 0 spiro atoms. The van der Waals surface area contributed by atoms with Crippen LogP contribution in [0.15, 0.2) is 59.7 Å². The lowest BCUT2D eigenvalue weighted by Crippen LogP contribution is -2.48. The molecular weight excluding hydrogens is 410 g/mol. The topological polar surface area (TPSA) is 78.3 Å². The van der Waals surface area contributed by atoms with E-state index in [0.29, 0.717) is 12.0 Å². The third-order valence-corrected chi connectivity index (χ3v) is 6.32. The lowest BCUT2D eigenvalue weighted by Gasteiger charge is -2.39. The Morgan fingerprint density at radius 2 is 1.91 bits per heavy atom. The molecule has 1 unspecified atom stereocenters. The first-order valence-corrected chi connectivity index (χ1v) is 11.8. The molecule has 4 heterocycles. The van der Waals surface area contributed by atoms with Crippen LogP contribution in [-0.2, 0) is 12.8 Å². The Balaban J connectivity index is 1.33. The van der Waals surface area contributed by atoms with Crippen molar-refractivity contribution in [1.29, 1.82) is 0 Å². The van der Waals surface area contributed by atoms with Crippen molar-refractivity contribution in [2.45, 2.75) is 45.6 Å². The predicted octanol–water partition coefficient (Wildman–Crippen LogP) is 3.76. The van der Waals surface area contributed by atoms with Crippen LogP contribution in [0, 0.1) is 12.8 Å². The molecule has 170 valence electrons. The van der Waals surface area contributed by atoms with Crippen molar-refractivity contribution >= 4 is 17.6 Å². The number of aryl methyl sites for hydroxylation is 1. The largest absolute Gasteiger partial charge is 0.340 e. The Bertz CT molecular complexity index is 1110. The van der Waals surface area contributed by atoms with Crippen LogP contribution in [0.25, 0.3) is 0 Å². The van der Waals surface area contributed by atoms with Crippen LogP contribution in [0.2, 0.25) is 0 Å². The summed E-state index contributed by atoms with van der Waals surface area (Å²) in [5.74, 6) is 3.03. The molecule has 0 radical (unpaired) electrons. The van der Waals surface area contributed by atoms with Crippen LogP contribution < -0.4 is 15.8 Å². The zero-order valence-electron chi connectivity index (χ0n) is 19.3. The van der Waals surface area contributed by atoms with Crippen LogP contribution >= 0.6 is 0 Å². The van der Waals surface area contributed by atoms with Gasteiger partial charge in [0.2, 0.25) is 5.95 Å². The normalized spacial score (nSPS) is 19.5. The molecule has 2 N–H and O–H groups in total. The van der Waals surface area contributed by atoms with Gasteiger partial charge in [-0.2, -0.15) is 4.98 Å². The molecule has 3 aromatic rings. The van der Waals surface area contributed by atoms with E-state index in [9.17, 15) is 0 Å². The molecule has 0 aliphatic carbocycles. The van der Waals surface area contributed by atoms with Crippen molar-refractivity contribution in [2.24, 2.45) is 10.9 Å². The number of aromatic nitrogens is 3. The quantitative estimate of drug-likeness (QED) is 0.581. The van der Waals surface area contributed by atoms with Crippen LogP contribution in [0.1, 0.15) is 42.3 Å². The number of amidine groups is 1. The highest BCUT2D eigenvalue weighted by molar-refractivity contribution is 5.86. The third-order valence-electron chi connectivity index (χ3n) is 6.32. The van der Waals surface area contributed by atoms with E-state index in [0.717, 1.165) is 67.8 Å².